The van der Waals surface area contributed by atoms with E-state index in [-0.39, 0.29) is 0 Å². The minimum atomic E-state index is -0.730. The zero-order valence-electron chi connectivity index (χ0n) is 10.9. The first-order chi connectivity index (χ1) is 6.66. The van der Waals surface area contributed by atoms with E-state index in [0.717, 1.165) is 6.42 Å². The second-order valence-electron chi connectivity index (χ2n) is 5.58. The highest BCUT2D eigenvalue weighted by Crippen LogP contribution is 2.19. The van der Waals surface area contributed by atoms with E-state index in [1.807, 2.05) is 7.05 Å². The second-order valence-corrected chi connectivity index (χ2v) is 5.58. The largest absolute Gasteiger partial charge is 0.481 e. The third kappa shape index (κ3) is 5.17. The van der Waals surface area contributed by atoms with E-state index in [1.54, 1.807) is 13.8 Å². The molecule has 3 nitrogen and oxygen atoms in total. The summed E-state index contributed by atoms with van der Waals surface area (Å²) in [6.07, 6.45) is 1.10. The molecule has 0 aliphatic carbocycles. The van der Waals surface area contributed by atoms with Crippen LogP contribution in [0.4, 0.5) is 0 Å². The number of carbonyl (C=O) groups is 1. The molecule has 1 N–H and O–H groups in total. The zero-order chi connectivity index (χ0) is 12.2. The first-order valence-corrected chi connectivity index (χ1v) is 5.60. The van der Waals surface area contributed by atoms with Crippen molar-refractivity contribution in [2.45, 2.75) is 47.1 Å². The molecular formula is C12H25NO2. The van der Waals surface area contributed by atoms with Gasteiger partial charge in [0, 0.05) is 12.6 Å². The molecule has 0 heterocycles. The standard InChI is InChI=1S/C12H25NO2/c1-9(2)7-10(3)13(6)8-12(4,5)11(14)15/h9-10H,7-8H2,1-6H3,(H,14,15). The predicted octanol–water partition coefficient (Wildman–Crippen LogP) is 2.46. The Morgan fingerprint density at radius 2 is 1.80 bits per heavy atom. The average Bonchev–Trinajstić information content (AvgIpc) is 2.01. The van der Waals surface area contributed by atoms with Crippen LogP contribution in [0.2, 0.25) is 0 Å². The van der Waals surface area contributed by atoms with Gasteiger partial charge in [0.15, 0.2) is 0 Å². The number of carboxylic acid groups (broad SMARTS) is 1. The highest BCUT2D eigenvalue weighted by Gasteiger charge is 2.29. The van der Waals surface area contributed by atoms with E-state index < -0.39 is 11.4 Å². The third-order valence-corrected chi connectivity index (χ3v) is 2.79. The summed E-state index contributed by atoms with van der Waals surface area (Å²) < 4.78 is 0. The molecule has 0 rings (SSSR count). The summed E-state index contributed by atoms with van der Waals surface area (Å²) in [5, 5.41) is 9.03. The van der Waals surface area contributed by atoms with E-state index in [9.17, 15) is 4.79 Å². The monoisotopic (exact) mass is 215 g/mol. The lowest BCUT2D eigenvalue weighted by Gasteiger charge is -2.31. The van der Waals surface area contributed by atoms with Crippen LogP contribution in [-0.4, -0.2) is 35.6 Å². The molecule has 0 fully saturated rings. The summed E-state index contributed by atoms with van der Waals surface area (Å²) in [4.78, 5) is 13.1. The summed E-state index contributed by atoms with van der Waals surface area (Å²) in [6, 6.07) is 0.434. The Labute approximate surface area is 93.5 Å². The van der Waals surface area contributed by atoms with Crippen LogP contribution in [0.25, 0.3) is 0 Å². The summed E-state index contributed by atoms with van der Waals surface area (Å²) in [6.45, 7) is 10.7. The van der Waals surface area contributed by atoms with Gasteiger partial charge in [0.05, 0.1) is 5.41 Å². The van der Waals surface area contributed by atoms with E-state index in [4.69, 9.17) is 5.11 Å². The fraction of sp³-hybridized carbons (Fsp3) is 0.917. The molecule has 0 amide bonds. The summed E-state index contributed by atoms with van der Waals surface area (Å²) in [5.74, 6) is -0.0820. The molecule has 0 aromatic rings. The van der Waals surface area contributed by atoms with Crippen molar-refractivity contribution in [2.24, 2.45) is 11.3 Å². The molecule has 0 spiro atoms. The van der Waals surface area contributed by atoms with Crippen LogP contribution in [0.3, 0.4) is 0 Å². The second kappa shape index (κ2) is 5.50. The third-order valence-electron chi connectivity index (χ3n) is 2.79. The van der Waals surface area contributed by atoms with Gasteiger partial charge in [-0.3, -0.25) is 4.79 Å². The van der Waals surface area contributed by atoms with Crippen molar-refractivity contribution < 1.29 is 9.90 Å². The molecule has 0 aromatic heterocycles. The summed E-state index contributed by atoms with van der Waals surface area (Å²) in [5.41, 5.74) is -0.667. The molecule has 0 radical (unpaired) electrons. The molecule has 0 aliphatic rings. The number of carboxylic acids is 1. The van der Waals surface area contributed by atoms with E-state index in [1.165, 1.54) is 0 Å². The van der Waals surface area contributed by atoms with Crippen LogP contribution in [0.1, 0.15) is 41.0 Å². The van der Waals surface area contributed by atoms with Gasteiger partial charge >= 0.3 is 5.97 Å². The van der Waals surface area contributed by atoms with Gasteiger partial charge in [0.25, 0.3) is 0 Å². The SMILES string of the molecule is CC(C)CC(C)N(C)CC(C)(C)C(=O)O. The van der Waals surface area contributed by atoms with Crippen molar-refractivity contribution in [2.75, 3.05) is 13.6 Å². The maximum Gasteiger partial charge on any atom is 0.310 e. The fourth-order valence-corrected chi connectivity index (χ4v) is 1.71. The van der Waals surface area contributed by atoms with Crippen molar-refractivity contribution >= 4 is 5.97 Å². The van der Waals surface area contributed by atoms with Gasteiger partial charge < -0.3 is 10.0 Å². The first kappa shape index (κ1) is 14.4. The lowest BCUT2D eigenvalue weighted by Crippen LogP contribution is -2.41. The number of hydrogen-bond acceptors (Lipinski definition) is 2. The van der Waals surface area contributed by atoms with Crippen molar-refractivity contribution in [3.8, 4) is 0 Å². The minimum absolute atomic E-state index is 0.434. The van der Waals surface area contributed by atoms with Crippen molar-refractivity contribution in [1.82, 2.24) is 4.90 Å². The number of nitrogens with zero attached hydrogens (tertiary/aromatic N) is 1. The van der Waals surface area contributed by atoms with Crippen LogP contribution >= 0.6 is 0 Å². The molecule has 0 bridgehead atoms. The van der Waals surface area contributed by atoms with Crippen molar-refractivity contribution in [3.05, 3.63) is 0 Å². The highest BCUT2D eigenvalue weighted by atomic mass is 16.4. The highest BCUT2D eigenvalue weighted by molar-refractivity contribution is 5.73. The maximum atomic E-state index is 11.0. The molecule has 0 aromatic carbocycles. The normalized spacial score (nSPS) is 14.7. The zero-order valence-corrected chi connectivity index (χ0v) is 10.9. The first-order valence-electron chi connectivity index (χ1n) is 5.60. The molecule has 1 unspecified atom stereocenters. The van der Waals surface area contributed by atoms with E-state index in [0.29, 0.717) is 18.5 Å². The number of aliphatic carboxylic acids is 1. The Bertz CT molecular complexity index is 212. The maximum absolute atomic E-state index is 11.0. The Balaban J connectivity index is 4.23. The molecule has 0 saturated carbocycles. The lowest BCUT2D eigenvalue weighted by atomic mass is 9.92. The molecular weight excluding hydrogens is 190 g/mol. The summed E-state index contributed by atoms with van der Waals surface area (Å²) >= 11 is 0. The smallest absolute Gasteiger partial charge is 0.310 e. The molecule has 15 heavy (non-hydrogen) atoms. The van der Waals surface area contributed by atoms with E-state index >= 15 is 0 Å². The lowest BCUT2D eigenvalue weighted by molar-refractivity contribution is -0.148. The Kier molecular flexibility index (Phi) is 5.29. The van der Waals surface area contributed by atoms with Crippen molar-refractivity contribution in [3.63, 3.8) is 0 Å². The number of hydrogen-bond donors (Lipinski definition) is 1. The summed E-state index contributed by atoms with van der Waals surface area (Å²) in [7, 11) is 2.00. The van der Waals surface area contributed by atoms with Gasteiger partial charge in [-0.1, -0.05) is 13.8 Å². The van der Waals surface area contributed by atoms with Gasteiger partial charge in [-0.05, 0) is 40.2 Å². The Hall–Kier alpha value is -0.570. The van der Waals surface area contributed by atoms with Gasteiger partial charge in [-0.25, -0.2) is 0 Å². The van der Waals surface area contributed by atoms with Gasteiger partial charge in [0.2, 0.25) is 0 Å². The Morgan fingerprint density at radius 3 is 2.13 bits per heavy atom. The van der Waals surface area contributed by atoms with Gasteiger partial charge in [-0.15, -0.1) is 0 Å². The van der Waals surface area contributed by atoms with Crippen LogP contribution in [0.15, 0.2) is 0 Å². The molecule has 1 atom stereocenters. The molecule has 3 heteroatoms. The van der Waals surface area contributed by atoms with Crippen molar-refractivity contribution in [1.29, 1.82) is 0 Å². The minimum Gasteiger partial charge on any atom is -0.481 e. The van der Waals surface area contributed by atoms with Crippen LogP contribution < -0.4 is 0 Å². The topological polar surface area (TPSA) is 40.5 Å². The molecule has 90 valence electrons. The van der Waals surface area contributed by atoms with Crippen LogP contribution in [0, 0.1) is 11.3 Å². The number of rotatable bonds is 6. The van der Waals surface area contributed by atoms with E-state index in [2.05, 4.69) is 25.7 Å². The predicted molar refractivity (Wildman–Crippen MR) is 63.0 cm³/mol. The van der Waals surface area contributed by atoms with Gasteiger partial charge in [-0.2, -0.15) is 0 Å². The molecule has 0 aliphatic heterocycles. The van der Waals surface area contributed by atoms with Gasteiger partial charge in [0.1, 0.15) is 0 Å². The quantitative estimate of drug-likeness (QED) is 0.740. The Morgan fingerprint density at radius 1 is 1.33 bits per heavy atom. The van der Waals surface area contributed by atoms with Crippen LogP contribution in [-0.2, 0) is 4.79 Å². The van der Waals surface area contributed by atoms with Crippen LogP contribution in [0.5, 0.6) is 0 Å². The molecule has 0 saturated heterocycles. The fourth-order valence-electron chi connectivity index (χ4n) is 1.71. The average molecular weight is 215 g/mol.